The van der Waals surface area contributed by atoms with E-state index in [9.17, 15) is 0 Å². The van der Waals surface area contributed by atoms with Crippen LogP contribution >= 0.6 is 0 Å². The van der Waals surface area contributed by atoms with Crippen LogP contribution in [0.1, 0.15) is 32.6 Å². The number of nitrogens with one attached hydrogen (secondary N) is 1. The Bertz CT molecular complexity index is 214. The molecule has 0 spiro atoms. The van der Waals surface area contributed by atoms with Crippen molar-refractivity contribution in [3.8, 4) is 0 Å². The molecule has 1 unspecified atom stereocenters. The number of rotatable bonds is 9. The first kappa shape index (κ1) is 13.3. The molecular weight excluding hydrogens is 212 g/mol. The first-order valence-corrected chi connectivity index (χ1v) is 7.15. The fourth-order valence-electron chi connectivity index (χ4n) is 2.63. The Hall–Kier alpha value is -0.120. The van der Waals surface area contributed by atoms with E-state index in [1.54, 1.807) is 7.11 Å². The van der Waals surface area contributed by atoms with Crippen molar-refractivity contribution in [2.75, 3.05) is 33.9 Å². The molecule has 0 heterocycles. The predicted molar refractivity (Wildman–Crippen MR) is 71.2 cm³/mol. The van der Waals surface area contributed by atoms with Crippen LogP contribution in [0.5, 0.6) is 0 Å². The molecule has 0 saturated heterocycles. The Morgan fingerprint density at radius 2 is 1.82 bits per heavy atom. The molecule has 1 atom stereocenters. The highest BCUT2D eigenvalue weighted by atomic mass is 16.5. The second kappa shape index (κ2) is 6.17. The Morgan fingerprint density at radius 1 is 1.24 bits per heavy atom. The van der Waals surface area contributed by atoms with Gasteiger partial charge >= 0.3 is 0 Å². The van der Waals surface area contributed by atoms with Crippen LogP contribution in [-0.4, -0.2) is 50.8 Å². The number of ether oxygens (including phenoxy) is 1. The van der Waals surface area contributed by atoms with Crippen LogP contribution < -0.4 is 5.32 Å². The second-order valence-electron chi connectivity index (χ2n) is 5.94. The van der Waals surface area contributed by atoms with Crippen LogP contribution in [0.25, 0.3) is 0 Å². The first-order chi connectivity index (χ1) is 8.22. The summed E-state index contributed by atoms with van der Waals surface area (Å²) in [6.45, 7) is 5.30. The van der Waals surface area contributed by atoms with Crippen molar-refractivity contribution in [3.63, 3.8) is 0 Å². The molecular formula is C14H28N2O. The number of likely N-dealkylation sites (N-methyl/N-ethyl adjacent to an activating group) is 1. The van der Waals surface area contributed by atoms with Gasteiger partial charge in [0.1, 0.15) is 0 Å². The van der Waals surface area contributed by atoms with E-state index in [4.69, 9.17) is 4.74 Å². The summed E-state index contributed by atoms with van der Waals surface area (Å²) in [4.78, 5) is 2.38. The average Bonchev–Trinajstić information content (AvgIpc) is 3.17. The summed E-state index contributed by atoms with van der Waals surface area (Å²) in [6.07, 6.45) is 5.85. The minimum Gasteiger partial charge on any atom is -0.383 e. The van der Waals surface area contributed by atoms with E-state index in [1.807, 2.05) is 0 Å². The molecule has 0 aliphatic heterocycles. The zero-order valence-corrected chi connectivity index (χ0v) is 11.6. The summed E-state index contributed by atoms with van der Waals surface area (Å²) in [6, 6.07) is 1.35. The molecule has 2 saturated carbocycles. The van der Waals surface area contributed by atoms with Crippen LogP contribution in [0.4, 0.5) is 0 Å². The maximum Gasteiger partial charge on any atom is 0.0615 e. The van der Waals surface area contributed by atoms with Gasteiger partial charge in [0.15, 0.2) is 0 Å². The molecule has 2 aliphatic carbocycles. The van der Waals surface area contributed by atoms with E-state index in [-0.39, 0.29) is 0 Å². The average molecular weight is 240 g/mol. The van der Waals surface area contributed by atoms with Crippen molar-refractivity contribution in [3.05, 3.63) is 0 Å². The zero-order chi connectivity index (χ0) is 12.3. The molecule has 17 heavy (non-hydrogen) atoms. The van der Waals surface area contributed by atoms with Crippen LogP contribution in [0.3, 0.4) is 0 Å². The van der Waals surface area contributed by atoms with E-state index in [2.05, 4.69) is 24.2 Å². The van der Waals surface area contributed by atoms with E-state index in [0.717, 1.165) is 37.6 Å². The van der Waals surface area contributed by atoms with Gasteiger partial charge in [-0.1, -0.05) is 0 Å². The maximum absolute atomic E-state index is 5.19. The fraction of sp³-hybridized carbons (Fsp3) is 1.00. The van der Waals surface area contributed by atoms with Gasteiger partial charge in [0.25, 0.3) is 0 Å². The highest BCUT2D eigenvalue weighted by Crippen LogP contribution is 2.44. The van der Waals surface area contributed by atoms with Crippen molar-refractivity contribution in [1.29, 1.82) is 0 Å². The number of hydrogen-bond acceptors (Lipinski definition) is 3. The van der Waals surface area contributed by atoms with Gasteiger partial charge in [0.05, 0.1) is 6.61 Å². The Morgan fingerprint density at radius 3 is 2.29 bits per heavy atom. The highest BCUT2D eigenvalue weighted by Gasteiger charge is 2.40. The van der Waals surface area contributed by atoms with Crippen LogP contribution in [0, 0.1) is 11.8 Å². The fourth-order valence-corrected chi connectivity index (χ4v) is 2.63. The van der Waals surface area contributed by atoms with Crippen LogP contribution in [0.2, 0.25) is 0 Å². The van der Waals surface area contributed by atoms with Crippen molar-refractivity contribution in [2.24, 2.45) is 11.8 Å². The number of nitrogens with zero attached hydrogens (tertiary/aromatic N) is 1. The quantitative estimate of drug-likeness (QED) is 0.664. The van der Waals surface area contributed by atoms with E-state index in [1.165, 1.54) is 25.7 Å². The molecule has 2 fully saturated rings. The first-order valence-electron chi connectivity index (χ1n) is 7.15. The largest absolute Gasteiger partial charge is 0.383 e. The standard InChI is InChI=1S/C14H28N2O/c1-11(10-17-3)16(2)9-8-15-14(12-4-5-12)13-6-7-13/h11-15H,4-10H2,1-3H3. The van der Waals surface area contributed by atoms with Gasteiger partial charge < -0.3 is 15.0 Å². The zero-order valence-electron chi connectivity index (χ0n) is 11.6. The van der Waals surface area contributed by atoms with Crippen LogP contribution in [0.15, 0.2) is 0 Å². The summed E-state index contributed by atoms with van der Waals surface area (Å²) in [5, 5.41) is 3.79. The third-order valence-electron chi connectivity index (χ3n) is 4.26. The van der Waals surface area contributed by atoms with E-state index < -0.39 is 0 Å². The third-order valence-corrected chi connectivity index (χ3v) is 4.26. The summed E-state index contributed by atoms with van der Waals surface area (Å²) in [7, 11) is 3.97. The van der Waals surface area contributed by atoms with Gasteiger partial charge in [0.2, 0.25) is 0 Å². The Labute approximate surface area is 106 Å². The number of methoxy groups -OCH3 is 1. The molecule has 2 aliphatic rings. The molecule has 0 aromatic carbocycles. The van der Waals surface area contributed by atoms with Gasteiger partial charge in [-0.15, -0.1) is 0 Å². The molecule has 0 radical (unpaired) electrons. The van der Waals surface area contributed by atoms with Gasteiger partial charge in [-0.25, -0.2) is 0 Å². The van der Waals surface area contributed by atoms with Crippen molar-refractivity contribution in [2.45, 2.75) is 44.7 Å². The Kier molecular flexibility index (Phi) is 4.83. The van der Waals surface area contributed by atoms with Gasteiger partial charge in [-0.05, 0) is 51.5 Å². The minimum atomic E-state index is 0.516. The van der Waals surface area contributed by atoms with Gasteiger partial charge in [0, 0.05) is 32.3 Å². The molecule has 0 aromatic heterocycles. The third kappa shape index (κ3) is 4.23. The topological polar surface area (TPSA) is 24.5 Å². The molecule has 0 amide bonds. The van der Waals surface area contributed by atoms with Crippen molar-refractivity contribution >= 4 is 0 Å². The lowest BCUT2D eigenvalue weighted by Crippen LogP contribution is -2.41. The molecule has 100 valence electrons. The van der Waals surface area contributed by atoms with Crippen molar-refractivity contribution < 1.29 is 4.74 Å². The molecule has 3 heteroatoms. The Balaban J connectivity index is 1.60. The lowest BCUT2D eigenvalue weighted by atomic mass is 10.1. The summed E-state index contributed by atoms with van der Waals surface area (Å²) in [5.74, 6) is 2.01. The summed E-state index contributed by atoms with van der Waals surface area (Å²) >= 11 is 0. The second-order valence-corrected chi connectivity index (χ2v) is 5.94. The molecule has 0 bridgehead atoms. The lowest BCUT2D eigenvalue weighted by molar-refractivity contribution is 0.115. The summed E-state index contributed by atoms with van der Waals surface area (Å²) < 4.78 is 5.19. The van der Waals surface area contributed by atoms with E-state index in [0.29, 0.717) is 6.04 Å². The molecule has 2 rings (SSSR count). The molecule has 1 N–H and O–H groups in total. The normalized spacial score (nSPS) is 22.4. The summed E-state index contributed by atoms with van der Waals surface area (Å²) in [5.41, 5.74) is 0. The molecule has 3 nitrogen and oxygen atoms in total. The van der Waals surface area contributed by atoms with Gasteiger partial charge in [-0.2, -0.15) is 0 Å². The van der Waals surface area contributed by atoms with E-state index >= 15 is 0 Å². The highest BCUT2D eigenvalue weighted by molar-refractivity contribution is 4.96. The predicted octanol–water partition coefficient (Wildman–Crippen LogP) is 1.73. The van der Waals surface area contributed by atoms with Gasteiger partial charge in [-0.3, -0.25) is 0 Å². The smallest absolute Gasteiger partial charge is 0.0615 e. The van der Waals surface area contributed by atoms with Crippen LogP contribution in [-0.2, 0) is 4.74 Å². The van der Waals surface area contributed by atoms with Crippen molar-refractivity contribution in [1.82, 2.24) is 10.2 Å². The SMILES string of the molecule is COCC(C)N(C)CCNC(C1CC1)C1CC1. The number of hydrogen-bond donors (Lipinski definition) is 1. The molecule has 0 aromatic rings. The minimum absolute atomic E-state index is 0.516. The lowest BCUT2D eigenvalue weighted by Gasteiger charge is -2.25. The monoisotopic (exact) mass is 240 g/mol. The maximum atomic E-state index is 5.19.